The molecule has 2 aromatic rings. The van der Waals surface area contributed by atoms with Crippen LogP contribution in [0.1, 0.15) is 0 Å². The topological polar surface area (TPSA) is 3.24 Å². The Kier molecular flexibility index (Phi) is 3.69. The molecule has 1 nitrogen and oxygen atoms in total. The Bertz CT molecular complexity index is 477. The van der Waals surface area contributed by atoms with Gasteiger partial charge in [0.1, 0.15) is 5.82 Å². The molecular weight excluding hydrogens is 233 g/mol. The predicted octanol–water partition coefficient (Wildman–Crippen LogP) is 4.04. The molecule has 88 valence electrons. The van der Waals surface area contributed by atoms with Crippen molar-refractivity contribution in [3.63, 3.8) is 0 Å². The zero-order valence-corrected chi connectivity index (χ0v) is 10.7. The van der Waals surface area contributed by atoms with E-state index in [1.807, 2.05) is 14.1 Å². The molecule has 0 amide bonds. The van der Waals surface area contributed by atoms with Crippen LogP contribution in [0.25, 0.3) is 0 Å². The number of anilines is 1. The number of nitrogens with zero attached hydrogens (tertiary/aromatic N) is 1. The summed E-state index contributed by atoms with van der Waals surface area (Å²) in [7, 11) is 4.03. The molecule has 0 spiro atoms. The molecule has 0 saturated heterocycles. The molecule has 2 rings (SSSR count). The highest BCUT2D eigenvalue weighted by Gasteiger charge is 1.99. The standard InChI is InChI=1S/C14H14FNS/c1-16(2)12-5-9-14(10-6-12)17-13-7-3-11(15)4-8-13/h3-10H,1-2H3. The first-order chi connectivity index (χ1) is 8.15. The van der Waals surface area contributed by atoms with Crippen molar-refractivity contribution in [2.75, 3.05) is 19.0 Å². The van der Waals surface area contributed by atoms with Crippen molar-refractivity contribution in [3.8, 4) is 0 Å². The second-order valence-electron chi connectivity index (χ2n) is 3.94. The molecule has 0 aliphatic heterocycles. The van der Waals surface area contributed by atoms with E-state index in [1.54, 1.807) is 23.9 Å². The lowest BCUT2D eigenvalue weighted by Crippen LogP contribution is -2.07. The van der Waals surface area contributed by atoms with Crippen LogP contribution in [0.3, 0.4) is 0 Å². The molecule has 0 fully saturated rings. The highest BCUT2D eigenvalue weighted by atomic mass is 32.2. The fourth-order valence-electron chi connectivity index (χ4n) is 1.45. The highest BCUT2D eigenvalue weighted by Crippen LogP contribution is 2.28. The summed E-state index contributed by atoms with van der Waals surface area (Å²) in [6.45, 7) is 0. The van der Waals surface area contributed by atoms with Gasteiger partial charge in [0.2, 0.25) is 0 Å². The Morgan fingerprint density at radius 1 is 0.824 bits per heavy atom. The Labute approximate surface area is 105 Å². The Morgan fingerprint density at radius 3 is 1.76 bits per heavy atom. The van der Waals surface area contributed by atoms with E-state index in [-0.39, 0.29) is 5.82 Å². The van der Waals surface area contributed by atoms with Crippen molar-refractivity contribution in [1.29, 1.82) is 0 Å². The van der Waals surface area contributed by atoms with Gasteiger partial charge in [0.05, 0.1) is 0 Å². The van der Waals surface area contributed by atoms with E-state index in [0.29, 0.717) is 0 Å². The van der Waals surface area contributed by atoms with Gasteiger partial charge in [0.25, 0.3) is 0 Å². The molecule has 0 atom stereocenters. The SMILES string of the molecule is CN(C)c1ccc(Sc2ccc(F)cc2)cc1. The van der Waals surface area contributed by atoms with Crippen LogP contribution in [-0.2, 0) is 0 Å². The molecule has 0 aliphatic rings. The second-order valence-corrected chi connectivity index (χ2v) is 5.09. The smallest absolute Gasteiger partial charge is 0.123 e. The Morgan fingerprint density at radius 2 is 1.29 bits per heavy atom. The van der Waals surface area contributed by atoms with Gasteiger partial charge >= 0.3 is 0 Å². The van der Waals surface area contributed by atoms with Crippen molar-refractivity contribution in [1.82, 2.24) is 0 Å². The van der Waals surface area contributed by atoms with Crippen LogP contribution in [-0.4, -0.2) is 14.1 Å². The summed E-state index contributed by atoms with van der Waals surface area (Å²) < 4.78 is 12.8. The van der Waals surface area contributed by atoms with Crippen LogP contribution in [0.2, 0.25) is 0 Å². The summed E-state index contributed by atoms with van der Waals surface area (Å²) in [6.07, 6.45) is 0. The molecule has 0 aromatic heterocycles. The molecule has 0 unspecified atom stereocenters. The summed E-state index contributed by atoms with van der Waals surface area (Å²) in [6, 6.07) is 14.8. The van der Waals surface area contributed by atoms with Crippen LogP contribution < -0.4 is 4.90 Å². The van der Waals surface area contributed by atoms with Crippen LogP contribution in [0.4, 0.5) is 10.1 Å². The molecule has 17 heavy (non-hydrogen) atoms. The minimum atomic E-state index is -0.197. The van der Waals surface area contributed by atoms with Gasteiger partial charge in [0.15, 0.2) is 0 Å². The maximum absolute atomic E-state index is 12.8. The quantitative estimate of drug-likeness (QED) is 0.805. The minimum Gasteiger partial charge on any atom is -0.378 e. The van der Waals surface area contributed by atoms with Gasteiger partial charge in [-0.1, -0.05) is 11.8 Å². The first kappa shape index (κ1) is 12.0. The van der Waals surface area contributed by atoms with Gasteiger partial charge in [-0.05, 0) is 48.5 Å². The van der Waals surface area contributed by atoms with Crippen molar-refractivity contribution in [2.24, 2.45) is 0 Å². The maximum Gasteiger partial charge on any atom is 0.123 e. The first-order valence-electron chi connectivity index (χ1n) is 5.36. The van der Waals surface area contributed by atoms with E-state index in [0.717, 1.165) is 9.79 Å². The lowest BCUT2D eigenvalue weighted by molar-refractivity contribution is 0.626. The van der Waals surface area contributed by atoms with E-state index >= 15 is 0 Å². The monoisotopic (exact) mass is 247 g/mol. The van der Waals surface area contributed by atoms with E-state index in [1.165, 1.54) is 17.8 Å². The summed E-state index contributed by atoms with van der Waals surface area (Å²) in [5.74, 6) is -0.197. The minimum absolute atomic E-state index is 0.197. The molecule has 0 saturated carbocycles. The largest absolute Gasteiger partial charge is 0.378 e. The number of rotatable bonds is 3. The summed E-state index contributed by atoms with van der Waals surface area (Å²) in [5, 5.41) is 0. The van der Waals surface area contributed by atoms with Gasteiger partial charge < -0.3 is 4.90 Å². The third kappa shape index (κ3) is 3.24. The zero-order valence-electron chi connectivity index (χ0n) is 9.85. The lowest BCUT2D eigenvalue weighted by atomic mass is 10.3. The number of benzene rings is 2. The summed E-state index contributed by atoms with van der Waals surface area (Å²) >= 11 is 1.63. The molecule has 3 heteroatoms. The van der Waals surface area contributed by atoms with Gasteiger partial charge in [-0.2, -0.15) is 0 Å². The fraction of sp³-hybridized carbons (Fsp3) is 0.143. The van der Waals surface area contributed by atoms with Crippen molar-refractivity contribution in [2.45, 2.75) is 9.79 Å². The average molecular weight is 247 g/mol. The van der Waals surface area contributed by atoms with Gasteiger partial charge in [0, 0.05) is 29.6 Å². The highest BCUT2D eigenvalue weighted by molar-refractivity contribution is 7.99. The molecule has 2 aromatic carbocycles. The van der Waals surface area contributed by atoms with Crippen molar-refractivity contribution >= 4 is 17.4 Å². The lowest BCUT2D eigenvalue weighted by Gasteiger charge is -2.12. The second kappa shape index (κ2) is 5.23. The van der Waals surface area contributed by atoms with Crippen molar-refractivity contribution < 1.29 is 4.39 Å². The summed E-state index contributed by atoms with van der Waals surface area (Å²) in [4.78, 5) is 4.26. The number of hydrogen-bond acceptors (Lipinski definition) is 2. The average Bonchev–Trinajstić information content (AvgIpc) is 2.33. The van der Waals surface area contributed by atoms with Crippen LogP contribution in [0.5, 0.6) is 0 Å². The first-order valence-corrected chi connectivity index (χ1v) is 6.17. The Balaban J connectivity index is 2.11. The van der Waals surface area contributed by atoms with Crippen LogP contribution in [0.15, 0.2) is 58.3 Å². The van der Waals surface area contributed by atoms with Crippen molar-refractivity contribution in [3.05, 3.63) is 54.3 Å². The predicted molar refractivity (Wildman–Crippen MR) is 71.3 cm³/mol. The third-order valence-corrected chi connectivity index (χ3v) is 3.42. The van der Waals surface area contributed by atoms with Gasteiger partial charge in [-0.25, -0.2) is 4.39 Å². The maximum atomic E-state index is 12.8. The Hall–Kier alpha value is -1.48. The van der Waals surface area contributed by atoms with Crippen LogP contribution in [0, 0.1) is 5.82 Å². The van der Waals surface area contributed by atoms with Gasteiger partial charge in [-0.15, -0.1) is 0 Å². The number of halogens is 1. The van der Waals surface area contributed by atoms with E-state index in [2.05, 4.69) is 29.2 Å². The summed E-state index contributed by atoms with van der Waals surface area (Å²) in [5.41, 5.74) is 1.17. The zero-order chi connectivity index (χ0) is 12.3. The molecule has 0 heterocycles. The molecule has 0 N–H and O–H groups in total. The number of hydrogen-bond donors (Lipinski definition) is 0. The van der Waals surface area contributed by atoms with E-state index in [9.17, 15) is 4.39 Å². The molecule has 0 bridgehead atoms. The van der Waals surface area contributed by atoms with Gasteiger partial charge in [-0.3, -0.25) is 0 Å². The van der Waals surface area contributed by atoms with E-state index in [4.69, 9.17) is 0 Å². The normalized spacial score (nSPS) is 10.3. The molecular formula is C14H14FNS. The molecule has 0 radical (unpaired) electrons. The third-order valence-electron chi connectivity index (χ3n) is 2.40. The molecule has 0 aliphatic carbocycles. The van der Waals surface area contributed by atoms with E-state index < -0.39 is 0 Å². The fourth-order valence-corrected chi connectivity index (χ4v) is 2.27. The van der Waals surface area contributed by atoms with Crippen LogP contribution >= 0.6 is 11.8 Å².